The number of nitrogens with one attached hydrogen (secondary N) is 1. The van der Waals surface area contributed by atoms with Crippen molar-refractivity contribution < 1.29 is 14.3 Å². The Hall–Kier alpha value is -1.62. The van der Waals surface area contributed by atoms with Crippen molar-refractivity contribution in [1.82, 2.24) is 5.32 Å². The van der Waals surface area contributed by atoms with Crippen molar-refractivity contribution in [1.29, 1.82) is 0 Å². The number of hydrogen-bond donors (Lipinski definition) is 3. The predicted molar refractivity (Wildman–Crippen MR) is 66.5 cm³/mol. The number of anilines is 1. The molecule has 0 radical (unpaired) electrons. The van der Waals surface area contributed by atoms with Gasteiger partial charge in [-0.05, 0) is 42.9 Å². The first-order valence-corrected chi connectivity index (χ1v) is 6.00. The lowest BCUT2D eigenvalue weighted by molar-refractivity contribution is 0.0937. The number of aliphatic hydroxyl groups excluding tert-OH is 1. The van der Waals surface area contributed by atoms with Crippen LogP contribution in [0.2, 0.25) is 0 Å². The third-order valence-corrected chi connectivity index (χ3v) is 3.46. The lowest BCUT2D eigenvalue weighted by atomic mass is 10.0. The maximum atomic E-state index is 13.4. The average molecular weight is 252 g/mol. The highest BCUT2D eigenvalue weighted by Crippen LogP contribution is 2.47. The van der Waals surface area contributed by atoms with Crippen LogP contribution in [-0.2, 0) is 0 Å². The van der Waals surface area contributed by atoms with Crippen molar-refractivity contribution in [3.63, 3.8) is 0 Å². The van der Waals surface area contributed by atoms with Gasteiger partial charge >= 0.3 is 0 Å². The van der Waals surface area contributed by atoms with E-state index >= 15 is 0 Å². The molecule has 0 heterocycles. The Morgan fingerprint density at radius 1 is 1.50 bits per heavy atom. The molecule has 98 valence electrons. The lowest BCUT2D eigenvalue weighted by Gasteiger charge is -2.14. The molecule has 1 aromatic rings. The van der Waals surface area contributed by atoms with E-state index in [0.717, 1.165) is 12.8 Å². The van der Waals surface area contributed by atoms with Gasteiger partial charge in [0, 0.05) is 18.8 Å². The highest BCUT2D eigenvalue weighted by Gasteiger charge is 2.41. The second kappa shape index (κ2) is 4.94. The first-order valence-electron chi connectivity index (χ1n) is 6.00. The minimum atomic E-state index is -0.575. The fraction of sp³-hybridized carbons (Fsp3) is 0.462. The summed E-state index contributed by atoms with van der Waals surface area (Å²) in [6.45, 7) is 0.586. The van der Waals surface area contributed by atoms with Crippen LogP contribution in [0.4, 0.5) is 10.1 Å². The number of rotatable bonds is 5. The van der Waals surface area contributed by atoms with Gasteiger partial charge in [0.25, 0.3) is 5.91 Å². The molecule has 0 bridgehead atoms. The molecule has 4 nitrogen and oxygen atoms in total. The van der Waals surface area contributed by atoms with Crippen LogP contribution in [0.3, 0.4) is 0 Å². The van der Waals surface area contributed by atoms with Gasteiger partial charge in [-0.2, -0.15) is 0 Å². The lowest BCUT2D eigenvalue weighted by Crippen LogP contribution is -2.31. The molecule has 4 N–H and O–H groups in total. The van der Waals surface area contributed by atoms with Gasteiger partial charge in [-0.15, -0.1) is 0 Å². The number of nitrogens with two attached hydrogens (primary N) is 1. The predicted octanol–water partition coefficient (Wildman–Crippen LogP) is 1.30. The Bertz CT molecular complexity index is 458. The summed E-state index contributed by atoms with van der Waals surface area (Å²) in [5, 5.41) is 11.6. The van der Waals surface area contributed by atoms with Gasteiger partial charge in [-0.1, -0.05) is 0 Å². The Morgan fingerprint density at radius 2 is 2.22 bits per heavy atom. The van der Waals surface area contributed by atoms with Crippen LogP contribution in [0.5, 0.6) is 0 Å². The Kier molecular flexibility index (Phi) is 3.52. The third kappa shape index (κ3) is 2.79. The minimum Gasteiger partial charge on any atom is -0.399 e. The largest absolute Gasteiger partial charge is 0.399 e. The Balaban J connectivity index is 1.98. The summed E-state index contributed by atoms with van der Waals surface area (Å²) >= 11 is 0. The van der Waals surface area contributed by atoms with Gasteiger partial charge in [0.15, 0.2) is 0 Å². The van der Waals surface area contributed by atoms with Crippen LogP contribution in [0.25, 0.3) is 0 Å². The smallest absolute Gasteiger partial charge is 0.254 e. The molecule has 1 aromatic carbocycles. The van der Waals surface area contributed by atoms with Gasteiger partial charge < -0.3 is 16.2 Å². The summed E-state index contributed by atoms with van der Waals surface area (Å²) in [5.74, 6) is -1.03. The van der Waals surface area contributed by atoms with Crippen LogP contribution < -0.4 is 11.1 Å². The molecule has 0 atom stereocenters. The van der Waals surface area contributed by atoms with Crippen LogP contribution >= 0.6 is 0 Å². The minimum absolute atomic E-state index is 0.0151. The number of amides is 1. The fourth-order valence-electron chi connectivity index (χ4n) is 2.01. The number of carbonyl (C=O) groups is 1. The maximum absolute atomic E-state index is 13.4. The van der Waals surface area contributed by atoms with E-state index in [9.17, 15) is 9.18 Å². The summed E-state index contributed by atoms with van der Waals surface area (Å²) in [6.07, 6.45) is 2.66. The molecule has 0 spiro atoms. The zero-order valence-electron chi connectivity index (χ0n) is 10.1. The van der Waals surface area contributed by atoms with Crippen molar-refractivity contribution in [2.45, 2.75) is 19.3 Å². The zero-order valence-corrected chi connectivity index (χ0v) is 10.1. The van der Waals surface area contributed by atoms with Gasteiger partial charge in [0.05, 0.1) is 5.56 Å². The van der Waals surface area contributed by atoms with Crippen LogP contribution in [-0.4, -0.2) is 24.2 Å². The molecular formula is C13H17FN2O2. The molecule has 1 amide bonds. The number of benzene rings is 1. The number of aliphatic hydroxyl groups is 1. The quantitative estimate of drug-likeness (QED) is 0.691. The molecule has 1 aliphatic rings. The highest BCUT2D eigenvalue weighted by atomic mass is 19.1. The molecule has 1 aliphatic carbocycles. The number of carbonyl (C=O) groups excluding carboxylic acids is 1. The van der Waals surface area contributed by atoms with E-state index in [1.807, 2.05) is 0 Å². The van der Waals surface area contributed by atoms with Crippen molar-refractivity contribution in [3.05, 3.63) is 29.6 Å². The molecule has 1 saturated carbocycles. The van der Waals surface area contributed by atoms with Gasteiger partial charge in [0.2, 0.25) is 0 Å². The average Bonchev–Trinajstić information content (AvgIpc) is 3.10. The molecule has 0 unspecified atom stereocenters. The summed E-state index contributed by atoms with van der Waals surface area (Å²) in [7, 11) is 0. The molecule has 2 rings (SSSR count). The van der Waals surface area contributed by atoms with Crippen molar-refractivity contribution in [2.24, 2.45) is 5.41 Å². The first kappa shape index (κ1) is 12.8. The van der Waals surface area contributed by atoms with E-state index < -0.39 is 11.7 Å². The second-order valence-corrected chi connectivity index (χ2v) is 4.90. The number of nitrogen functional groups attached to an aromatic ring is 1. The zero-order chi connectivity index (χ0) is 13.2. The molecule has 0 aliphatic heterocycles. The van der Waals surface area contributed by atoms with E-state index in [1.165, 1.54) is 18.2 Å². The standard InChI is InChI=1S/C13H17FN2O2/c14-11-2-1-9(15)7-10(11)12(18)16-8-13(3-4-13)5-6-17/h1-2,7,17H,3-6,8,15H2,(H,16,18). The Morgan fingerprint density at radius 3 is 2.83 bits per heavy atom. The van der Waals surface area contributed by atoms with Crippen LogP contribution in [0, 0.1) is 11.2 Å². The highest BCUT2D eigenvalue weighted by molar-refractivity contribution is 5.95. The topological polar surface area (TPSA) is 75.4 Å². The first-order chi connectivity index (χ1) is 8.56. The Labute approximate surface area is 105 Å². The monoisotopic (exact) mass is 252 g/mol. The summed E-state index contributed by atoms with van der Waals surface area (Å²) in [5.41, 5.74) is 5.87. The van der Waals surface area contributed by atoms with Crippen LogP contribution in [0.15, 0.2) is 18.2 Å². The van der Waals surface area contributed by atoms with E-state index in [1.54, 1.807) is 0 Å². The molecule has 0 saturated heterocycles. The van der Waals surface area contributed by atoms with Crippen molar-refractivity contribution in [2.75, 3.05) is 18.9 Å². The SMILES string of the molecule is Nc1ccc(F)c(C(=O)NCC2(CCO)CC2)c1. The van der Waals surface area contributed by atoms with Crippen LogP contribution in [0.1, 0.15) is 29.6 Å². The summed E-state index contributed by atoms with van der Waals surface area (Å²) < 4.78 is 13.4. The summed E-state index contributed by atoms with van der Waals surface area (Å²) in [6, 6.07) is 3.93. The number of halogens is 1. The van der Waals surface area contributed by atoms with Gasteiger partial charge in [0.1, 0.15) is 5.82 Å². The van der Waals surface area contributed by atoms with E-state index in [-0.39, 0.29) is 17.6 Å². The molecular weight excluding hydrogens is 235 g/mol. The fourth-order valence-corrected chi connectivity index (χ4v) is 2.01. The van der Waals surface area contributed by atoms with Crippen molar-refractivity contribution >= 4 is 11.6 Å². The normalized spacial score (nSPS) is 16.3. The van der Waals surface area contributed by atoms with E-state index in [2.05, 4.69) is 5.32 Å². The van der Waals surface area contributed by atoms with Gasteiger partial charge in [-0.25, -0.2) is 4.39 Å². The maximum Gasteiger partial charge on any atom is 0.254 e. The third-order valence-electron chi connectivity index (χ3n) is 3.46. The molecule has 1 fully saturated rings. The van der Waals surface area contributed by atoms with E-state index in [4.69, 9.17) is 10.8 Å². The molecule has 5 heteroatoms. The molecule has 18 heavy (non-hydrogen) atoms. The van der Waals surface area contributed by atoms with Crippen molar-refractivity contribution in [3.8, 4) is 0 Å². The molecule has 0 aromatic heterocycles. The van der Waals surface area contributed by atoms with E-state index in [0.29, 0.717) is 18.7 Å². The van der Waals surface area contributed by atoms with Gasteiger partial charge in [-0.3, -0.25) is 4.79 Å². The summed E-state index contributed by atoms with van der Waals surface area (Å²) in [4.78, 5) is 11.8. The second-order valence-electron chi connectivity index (χ2n) is 4.90. The number of hydrogen-bond acceptors (Lipinski definition) is 3.